The van der Waals surface area contributed by atoms with E-state index in [1.54, 1.807) is 6.08 Å². The highest BCUT2D eigenvalue weighted by atomic mass is 16.8. The number of rotatable bonds is 15. The molecular weight excluding hydrogens is 580 g/mol. The molecule has 0 aliphatic carbocycles. The Balaban J connectivity index is 1.85. The minimum absolute atomic E-state index is 0.0473. The number of ether oxygens (including phenoxy) is 4. The molecule has 2 aliphatic rings. The predicted molar refractivity (Wildman–Crippen MR) is 167 cm³/mol. The van der Waals surface area contributed by atoms with Gasteiger partial charge in [-0.15, -0.1) is 0 Å². The summed E-state index contributed by atoms with van der Waals surface area (Å²) < 4.78 is 23.5. The van der Waals surface area contributed by atoms with Gasteiger partial charge in [0.15, 0.2) is 17.5 Å². The number of carboxylic acid groups (broad SMARTS) is 1. The van der Waals surface area contributed by atoms with Crippen molar-refractivity contribution in [2.24, 2.45) is 17.8 Å². The molecule has 2 fully saturated rings. The first-order chi connectivity index (χ1) is 21.0. The van der Waals surface area contributed by atoms with E-state index in [-0.39, 0.29) is 24.7 Å². The summed E-state index contributed by atoms with van der Waals surface area (Å²) >= 11 is 0. The zero-order valence-electron chi connectivity index (χ0n) is 27.5. The Kier molecular flexibility index (Phi) is 11.8. The number of benzene rings is 1. The summed E-state index contributed by atoms with van der Waals surface area (Å²) in [5.74, 6) is -4.38. The molecule has 2 unspecified atom stereocenters. The van der Waals surface area contributed by atoms with Gasteiger partial charge in [-0.2, -0.15) is 0 Å². The number of carbonyl (C=O) groups is 3. The van der Waals surface area contributed by atoms with Gasteiger partial charge in [0, 0.05) is 25.3 Å². The molecule has 0 radical (unpaired) electrons. The molecule has 0 amide bonds. The van der Waals surface area contributed by atoms with Crippen LogP contribution in [0.1, 0.15) is 79.7 Å². The molecule has 250 valence electrons. The predicted octanol–water partition coefficient (Wildman–Crippen LogP) is 4.75. The van der Waals surface area contributed by atoms with E-state index in [1.165, 1.54) is 26.8 Å². The zero-order chi connectivity index (χ0) is 33.7. The topological polar surface area (TPSA) is 149 Å². The highest BCUT2D eigenvalue weighted by Gasteiger charge is 2.78. The molecule has 10 atom stereocenters. The molecule has 1 aromatic rings. The van der Waals surface area contributed by atoms with Crippen LogP contribution in [0.5, 0.6) is 0 Å². The minimum Gasteiger partial charge on any atom is -0.479 e. The smallest absolute Gasteiger partial charge is 0.341 e. The van der Waals surface area contributed by atoms with Gasteiger partial charge in [-0.1, -0.05) is 77.1 Å². The summed E-state index contributed by atoms with van der Waals surface area (Å²) in [5, 5.41) is 33.2. The largest absolute Gasteiger partial charge is 0.479 e. The van der Waals surface area contributed by atoms with Gasteiger partial charge < -0.3 is 34.3 Å². The third kappa shape index (κ3) is 7.68. The quantitative estimate of drug-likeness (QED) is 0.141. The van der Waals surface area contributed by atoms with Crippen molar-refractivity contribution in [3.63, 3.8) is 0 Å². The van der Waals surface area contributed by atoms with E-state index in [0.717, 1.165) is 18.4 Å². The monoisotopic (exact) mass is 630 g/mol. The standard InChI is InChI=1S/C35H50O10/c1-9-21(2)19-22(3)15-16-28(37)43-31-30(38)34(44-25(6)35(41,32(39)40)33(31,8)45-34)18-17-23(4)29(42-26(7)36)24(5)20-27-13-11-10-12-14-27/h10-16,21-22,24-25,29-31,38,41H,4,9,17-20H2,1-3,5-8H3,(H,39,40)/b16-15+/t21-,22+,24+,25?,29?,30+,31+,33+,34-,35+/m0/s1. The average molecular weight is 631 g/mol. The molecule has 0 aromatic heterocycles. The van der Waals surface area contributed by atoms with E-state index in [9.17, 15) is 29.7 Å². The van der Waals surface area contributed by atoms with Crippen LogP contribution in [0.15, 0.2) is 54.6 Å². The summed E-state index contributed by atoms with van der Waals surface area (Å²) in [6, 6.07) is 9.74. The average Bonchev–Trinajstić information content (AvgIpc) is 3.16. The maximum Gasteiger partial charge on any atom is 0.341 e. The van der Waals surface area contributed by atoms with Crippen molar-refractivity contribution in [1.29, 1.82) is 0 Å². The number of fused-ring (bicyclic) bond motifs is 2. The molecule has 10 heteroatoms. The molecule has 45 heavy (non-hydrogen) atoms. The van der Waals surface area contributed by atoms with Crippen molar-refractivity contribution >= 4 is 17.9 Å². The van der Waals surface area contributed by atoms with Crippen LogP contribution in [-0.4, -0.2) is 74.6 Å². The second kappa shape index (κ2) is 14.6. The van der Waals surface area contributed by atoms with Crippen LogP contribution in [0.2, 0.25) is 0 Å². The lowest BCUT2D eigenvalue weighted by Gasteiger charge is -2.50. The number of hydrogen-bond donors (Lipinski definition) is 3. The van der Waals surface area contributed by atoms with E-state index in [4.69, 9.17) is 18.9 Å². The van der Waals surface area contributed by atoms with Crippen molar-refractivity contribution in [3.8, 4) is 0 Å². The summed E-state index contributed by atoms with van der Waals surface area (Å²) in [5.41, 5.74) is -3.13. The lowest BCUT2D eigenvalue weighted by atomic mass is 9.76. The maximum atomic E-state index is 13.0. The fourth-order valence-electron chi connectivity index (χ4n) is 6.64. The highest BCUT2D eigenvalue weighted by molar-refractivity contribution is 5.83. The van der Waals surface area contributed by atoms with Crippen LogP contribution in [0.3, 0.4) is 0 Å². The Labute approximate surface area is 266 Å². The van der Waals surface area contributed by atoms with E-state index < -0.39 is 59.3 Å². The fraction of sp³-hybridized carbons (Fsp3) is 0.629. The van der Waals surface area contributed by atoms with Gasteiger partial charge in [0.25, 0.3) is 0 Å². The Hall–Kier alpha value is -3.05. The maximum absolute atomic E-state index is 13.0. The second-order valence-electron chi connectivity index (χ2n) is 13.1. The number of aliphatic hydroxyl groups is 2. The highest BCUT2D eigenvalue weighted by Crippen LogP contribution is 2.55. The van der Waals surface area contributed by atoms with E-state index >= 15 is 0 Å². The fourth-order valence-corrected chi connectivity index (χ4v) is 6.64. The van der Waals surface area contributed by atoms with Crippen LogP contribution in [0.25, 0.3) is 0 Å². The lowest BCUT2D eigenvalue weighted by Crippen LogP contribution is -2.71. The van der Waals surface area contributed by atoms with Gasteiger partial charge in [0.1, 0.15) is 18.3 Å². The zero-order valence-corrected chi connectivity index (χ0v) is 27.5. The Morgan fingerprint density at radius 2 is 1.80 bits per heavy atom. The van der Waals surface area contributed by atoms with Crippen molar-refractivity contribution in [1.82, 2.24) is 0 Å². The number of carbonyl (C=O) groups excluding carboxylic acids is 2. The van der Waals surface area contributed by atoms with Crippen molar-refractivity contribution in [3.05, 3.63) is 60.2 Å². The molecule has 2 bridgehead atoms. The number of allylic oxidation sites excluding steroid dienone is 1. The van der Waals surface area contributed by atoms with Crippen LogP contribution in [-0.2, 0) is 39.8 Å². The summed E-state index contributed by atoms with van der Waals surface area (Å²) in [6.07, 6.45) is 0.273. The van der Waals surface area contributed by atoms with Gasteiger partial charge >= 0.3 is 17.9 Å². The summed E-state index contributed by atoms with van der Waals surface area (Å²) in [4.78, 5) is 37.5. The summed E-state index contributed by atoms with van der Waals surface area (Å²) in [6.45, 7) is 16.3. The SMILES string of the molecule is C=C(CC[C@]12OC(C)[C@@](O)(C(=O)O)[C@](C)(O1)[C@H](OC(=O)/C=C/[C@@H](C)C[C@@H](C)CC)[C@H]2O)C(OC(C)=O)[C@H](C)Cc1ccccc1. The molecule has 3 N–H and O–H groups in total. The van der Waals surface area contributed by atoms with E-state index in [2.05, 4.69) is 20.4 Å². The normalized spacial score (nSPS) is 32.0. The number of hydrogen-bond acceptors (Lipinski definition) is 9. The van der Waals surface area contributed by atoms with Crippen LogP contribution in [0, 0.1) is 17.8 Å². The Morgan fingerprint density at radius 3 is 2.38 bits per heavy atom. The lowest BCUT2D eigenvalue weighted by molar-refractivity contribution is -0.379. The van der Waals surface area contributed by atoms with E-state index in [1.807, 2.05) is 44.2 Å². The number of aliphatic hydroxyl groups excluding tert-OH is 1. The number of carboxylic acids is 1. The minimum atomic E-state index is -2.66. The molecule has 10 nitrogen and oxygen atoms in total. The third-order valence-corrected chi connectivity index (χ3v) is 9.39. The van der Waals surface area contributed by atoms with Crippen molar-refractivity contribution < 1.29 is 48.7 Å². The van der Waals surface area contributed by atoms with Gasteiger partial charge in [-0.05, 0) is 56.1 Å². The van der Waals surface area contributed by atoms with Crippen molar-refractivity contribution in [2.45, 2.75) is 122 Å². The van der Waals surface area contributed by atoms with E-state index in [0.29, 0.717) is 17.9 Å². The van der Waals surface area contributed by atoms with Gasteiger partial charge in [-0.25, -0.2) is 9.59 Å². The molecule has 0 spiro atoms. The van der Waals surface area contributed by atoms with Crippen LogP contribution >= 0.6 is 0 Å². The molecule has 2 saturated heterocycles. The molecular formula is C35H50O10. The van der Waals surface area contributed by atoms with Crippen LogP contribution in [0.4, 0.5) is 0 Å². The molecule has 2 aliphatic heterocycles. The first-order valence-corrected chi connectivity index (χ1v) is 15.8. The third-order valence-electron chi connectivity index (χ3n) is 9.39. The second-order valence-corrected chi connectivity index (χ2v) is 13.1. The first kappa shape index (κ1) is 36.4. The Bertz CT molecular complexity index is 1250. The summed E-state index contributed by atoms with van der Waals surface area (Å²) in [7, 11) is 0. The molecule has 2 heterocycles. The number of esters is 2. The van der Waals surface area contributed by atoms with Gasteiger partial charge in [0.05, 0.1) is 0 Å². The molecule has 0 saturated carbocycles. The number of aliphatic carboxylic acids is 1. The van der Waals surface area contributed by atoms with Gasteiger partial charge in [0.2, 0.25) is 5.60 Å². The molecule has 1 aromatic carbocycles. The molecule has 3 rings (SSSR count). The Morgan fingerprint density at radius 1 is 1.16 bits per heavy atom. The van der Waals surface area contributed by atoms with Crippen molar-refractivity contribution in [2.75, 3.05) is 0 Å². The van der Waals surface area contributed by atoms with Gasteiger partial charge in [-0.3, -0.25) is 4.79 Å². The first-order valence-electron chi connectivity index (χ1n) is 15.8. The van der Waals surface area contributed by atoms with Crippen LogP contribution < -0.4 is 0 Å².